The first-order chi connectivity index (χ1) is 17.1. The zero-order valence-electron chi connectivity index (χ0n) is 17.6. The Morgan fingerprint density at radius 1 is 1.03 bits per heavy atom. The third kappa shape index (κ3) is 7.35. The number of hydrogen-bond acceptors (Lipinski definition) is 7. The number of nitrogens with zero attached hydrogens (tertiary/aromatic N) is 2. The van der Waals surface area contributed by atoms with Crippen LogP contribution in [0.3, 0.4) is 0 Å². The van der Waals surface area contributed by atoms with Crippen LogP contribution in [0.2, 0.25) is 5.02 Å². The molecule has 0 aliphatic rings. The second-order valence-electron chi connectivity index (χ2n) is 6.76. The number of esters is 1. The molecule has 3 aromatic carbocycles. The van der Waals surface area contributed by atoms with Crippen LogP contribution in [0.4, 0.5) is 5.69 Å². The number of hydrogen-bond donors (Lipinski definition) is 1. The van der Waals surface area contributed by atoms with Crippen LogP contribution in [0.1, 0.15) is 15.9 Å². The lowest BCUT2D eigenvalue weighted by Gasteiger charge is -2.11. The number of hydrazone groups is 1. The smallest absolute Gasteiger partial charge is 0.343 e. The molecule has 0 heterocycles. The molecule has 0 saturated carbocycles. The first-order valence-corrected chi connectivity index (χ1v) is 13.2. The van der Waals surface area contributed by atoms with Crippen LogP contribution in [-0.4, -0.2) is 29.6 Å². The molecule has 3 aromatic rings. The van der Waals surface area contributed by atoms with Crippen molar-refractivity contribution < 1.29 is 24.0 Å². The fourth-order valence-electron chi connectivity index (χ4n) is 2.59. The van der Waals surface area contributed by atoms with Crippen molar-refractivity contribution in [3.8, 4) is 11.5 Å². The zero-order valence-corrected chi connectivity index (χ0v) is 24.7. The van der Waals surface area contributed by atoms with E-state index in [1.807, 2.05) is 0 Å². The number of benzene rings is 3. The van der Waals surface area contributed by atoms with Crippen molar-refractivity contribution in [2.24, 2.45) is 5.10 Å². The average molecular weight is 769 g/mol. The van der Waals surface area contributed by atoms with Crippen LogP contribution < -0.4 is 14.9 Å². The van der Waals surface area contributed by atoms with E-state index < -0.39 is 16.8 Å². The zero-order chi connectivity index (χ0) is 26.4. The Labute approximate surface area is 242 Å². The van der Waals surface area contributed by atoms with E-state index in [4.69, 9.17) is 21.1 Å². The number of halogens is 5. The van der Waals surface area contributed by atoms with E-state index in [1.165, 1.54) is 36.5 Å². The summed E-state index contributed by atoms with van der Waals surface area (Å²) in [7, 11) is 0. The fourth-order valence-corrected chi connectivity index (χ4v) is 5.56. The highest BCUT2D eigenvalue weighted by Gasteiger charge is 2.16. The summed E-state index contributed by atoms with van der Waals surface area (Å²) in [6.07, 6.45) is 1.40. The molecule has 1 amide bonds. The maximum atomic E-state index is 12.3. The van der Waals surface area contributed by atoms with Gasteiger partial charge in [0.15, 0.2) is 6.61 Å². The largest absolute Gasteiger partial charge is 0.481 e. The molecule has 0 bridgehead atoms. The summed E-state index contributed by atoms with van der Waals surface area (Å²) in [6, 6.07) is 11.5. The molecule has 0 radical (unpaired) electrons. The minimum Gasteiger partial charge on any atom is -0.481 e. The van der Waals surface area contributed by atoms with Crippen molar-refractivity contribution in [2.45, 2.75) is 0 Å². The first-order valence-electron chi connectivity index (χ1n) is 9.60. The maximum absolute atomic E-state index is 12.3. The third-order valence-corrected chi connectivity index (χ3v) is 7.73. The average Bonchev–Trinajstić information content (AvgIpc) is 2.84. The van der Waals surface area contributed by atoms with E-state index in [0.717, 1.165) is 0 Å². The van der Waals surface area contributed by atoms with Gasteiger partial charge in [0.25, 0.3) is 11.6 Å². The lowest BCUT2D eigenvalue weighted by Crippen LogP contribution is -2.24. The first kappa shape index (κ1) is 28.3. The van der Waals surface area contributed by atoms with Crippen molar-refractivity contribution in [2.75, 3.05) is 6.61 Å². The van der Waals surface area contributed by atoms with E-state index in [1.54, 1.807) is 18.2 Å². The predicted octanol–water partition coefficient (Wildman–Crippen LogP) is 7.05. The van der Waals surface area contributed by atoms with E-state index in [9.17, 15) is 19.7 Å². The van der Waals surface area contributed by atoms with Gasteiger partial charge in [-0.2, -0.15) is 5.10 Å². The van der Waals surface area contributed by atoms with Gasteiger partial charge in [0.2, 0.25) is 0 Å². The number of amides is 1. The van der Waals surface area contributed by atoms with E-state index in [2.05, 4.69) is 74.2 Å². The van der Waals surface area contributed by atoms with Crippen molar-refractivity contribution in [3.63, 3.8) is 0 Å². The van der Waals surface area contributed by atoms with Crippen LogP contribution in [0, 0.1) is 10.1 Å². The molecule has 9 nitrogen and oxygen atoms in total. The van der Waals surface area contributed by atoms with E-state index in [0.29, 0.717) is 34.2 Å². The Bertz CT molecular complexity index is 1370. The highest BCUT2D eigenvalue weighted by Crippen LogP contribution is 2.42. The maximum Gasteiger partial charge on any atom is 0.343 e. The normalized spacial score (nSPS) is 10.8. The summed E-state index contributed by atoms with van der Waals surface area (Å²) >= 11 is 19.4. The molecule has 0 aromatic heterocycles. The summed E-state index contributed by atoms with van der Waals surface area (Å²) in [5, 5.41) is 15.0. The van der Waals surface area contributed by atoms with Gasteiger partial charge in [-0.1, -0.05) is 11.6 Å². The summed E-state index contributed by atoms with van der Waals surface area (Å²) in [5.41, 5.74) is 2.98. The molecule has 0 aliphatic carbocycles. The monoisotopic (exact) mass is 765 g/mol. The quantitative estimate of drug-likeness (QED) is 0.0499. The Morgan fingerprint density at radius 2 is 1.72 bits per heavy atom. The predicted molar refractivity (Wildman–Crippen MR) is 148 cm³/mol. The Morgan fingerprint density at radius 3 is 2.36 bits per heavy atom. The lowest BCUT2D eigenvalue weighted by molar-refractivity contribution is -0.384. The fraction of sp³-hybridized carbons (Fsp3) is 0.0455. The Balaban J connectivity index is 1.55. The summed E-state index contributed by atoms with van der Waals surface area (Å²) in [4.78, 5) is 34.6. The highest BCUT2D eigenvalue weighted by molar-refractivity contribution is 9.11. The number of nitro groups is 1. The topological polar surface area (TPSA) is 120 Å². The van der Waals surface area contributed by atoms with Gasteiger partial charge in [-0.3, -0.25) is 14.9 Å². The molecule has 0 spiro atoms. The van der Waals surface area contributed by atoms with Crippen molar-refractivity contribution in [3.05, 3.63) is 92.7 Å². The summed E-state index contributed by atoms with van der Waals surface area (Å²) < 4.78 is 13.0. The molecule has 1 N–H and O–H groups in total. The van der Waals surface area contributed by atoms with Gasteiger partial charge in [0.05, 0.1) is 35.1 Å². The standard InChI is InChI=1S/C22H12Br4ClN3O6/c23-14-7-11(1-6-17(14)36-22(32)12-2-4-13(5-3-12)30(33)34)9-28-29-18(31)10-35-21-16(25)8-15(24)20(27)19(21)26/h1-9H,10H2,(H,29,31). The van der Waals surface area contributed by atoms with Gasteiger partial charge in [-0.15, -0.1) is 0 Å². The van der Waals surface area contributed by atoms with Crippen LogP contribution in [0.15, 0.2) is 71.5 Å². The molecule has 0 fully saturated rings. The van der Waals surface area contributed by atoms with Crippen LogP contribution >= 0.6 is 75.3 Å². The van der Waals surface area contributed by atoms with Gasteiger partial charge < -0.3 is 9.47 Å². The second-order valence-corrected chi connectivity index (χ2v) is 10.5. The number of non-ortho nitro benzene ring substituents is 1. The van der Waals surface area contributed by atoms with Crippen LogP contribution in [0.25, 0.3) is 0 Å². The van der Waals surface area contributed by atoms with Gasteiger partial charge in [-0.25, -0.2) is 10.2 Å². The van der Waals surface area contributed by atoms with Gasteiger partial charge >= 0.3 is 5.97 Å². The molecular formula is C22H12Br4ClN3O6. The van der Waals surface area contributed by atoms with Gasteiger partial charge in [-0.05, 0) is 106 Å². The highest BCUT2D eigenvalue weighted by atomic mass is 79.9. The number of nitro benzene ring substituents is 1. The molecule has 0 unspecified atom stereocenters. The molecule has 0 aliphatic heterocycles. The molecule has 36 heavy (non-hydrogen) atoms. The number of carbonyl (C=O) groups excluding carboxylic acids is 2. The van der Waals surface area contributed by atoms with Crippen LogP contribution in [0.5, 0.6) is 11.5 Å². The van der Waals surface area contributed by atoms with Crippen molar-refractivity contribution in [1.29, 1.82) is 0 Å². The van der Waals surface area contributed by atoms with E-state index >= 15 is 0 Å². The van der Waals surface area contributed by atoms with Crippen molar-refractivity contribution >= 4 is 99.1 Å². The molecule has 186 valence electrons. The summed E-state index contributed by atoms with van der Waals surface area (Å²) in [6.45, 7) is -0.312. The molecule has 0 saturated heterocycles. The summed E-state index contributed by atoms with van der Waals surface area (Å²) in [5.74, 6) is -0.580. The SMILES string of the molecule is O=C(COc1c(Br)cc(Br)c(Cl)c1Br)NN=Cc1ccc(OC(=O)c2ccc([N+](=O)[O-])cc2)c(Br)c1. The van der Waals surface area contributed by atoms with Crippen LogP contribution in [-0.2, 0) is 4.79 Å². The molecule has 3 rings (SSSR count). The minimum atomic E-state index is -0.676. The molecule has 14 heteroatoms. The lowest BCUT2D eigenvalue weighted by atomic mass is 10.2. The minimum absolute atomic E-state index is 0.131. The van der Waals surface area contributed by atoms with Gasteiger partial charge in [0, 0.05) is 16.6 Å². The Kier molecular flexibility index (Phi) is 10.0. The second kappa shape index (κ2) is 12.8. The van der Waals surface area contributed by atoms with E-state index in [-0.39, 0.29) is 23.6 Å². The molecular weight excluding hydrogens is 757 g/mol. The number of nitrogens with one attached hydrogen (secondary N) is 1. The van der Waals surface area contributed by atoms with Crippen molar-refractivity contribution in [1.82, 2.24) is 5.43 Å². The third-order valence-electron chi connectivity index (χ3n) is 4.29. The number of ether oxygens (including phenoxy) is 2. The number of rotatable bonds is 8. The van der Waals surface area contributed by atoms with Gasteiger partial charge in [0.1, 0.15) is 11.5 Å². The number of carbonyl (C=O) groups is 2. The molecule has 0 atom stereocenters. The Hall–Kier alpha value is -2.32.